The molecule has 0 saturated carbocycles. The number of rotatable bonds is 12. The number of para-hydroxylation sites is 1. The van der Waals surface area contributed by atoms with E-state index >= 15 is 0 Å². The highest BCUT2D eigenvalue weighted by atomic mass is 35.5. The molecule has 0 spiro atoms. The molecule has 2 N–H and O–H groups in total. The zero-order valence-corrected chi connectivity index (χ0v) is 22.3. The summed E-state index contributed by atoms with van der Waals surface area (Å²) >= 11 is 6.28. The smallest absolute Gasteiger partial charge is 0.267 e. The Morgan fingerprint density at radius 2 is 1.69 bits per heavy atom. The number of sulfonamides is 1. The maximum absolute atomic E-state index is 13.1. The van der Waals surface area contributed by atoms with Crippen LogP contribution in [0.4, 0.5) is 17.1 Å². The number of fused-ring (bicyclic) bond motifs is 1. The predicted molar refractivity (Wildman–Crippen MR) is 144 cm³/mol. The third-order valence-corrected chi connectivity index (χ3v) is 7.95. The Morgan fingerprint density at radius 3 is 2.44 bits per heavy atom. The van der Waals surface area contributed by atoms with Crippen LogP contribution in [0.1, 0.15) is 65.2 Å². The van der Waals surface area contributed by atoms with Gasteiger partial charge in [-0.15, -0.1) is 0 Å². The number of aliphatic imine (C=N–C) groups is 1. The number of hydrogen-bond donors (Lipinski definition) is 2. The van der Waals surface area contributed by atoms with Gasteiger partial charge in [-0.3, -0.25) is 13.9 Å². The van der Waals surface area contributed by atoms with Gasteiger partial charge in [0.05, 0.1) is 22.8 Å². The van der Waals surface area contributed by atoms with Gasteiger partial charge in [0.25, 0.3) is 10.0 Å². The molecule has 2 aromatic carbocycles. The molecular weight excluding hydrogens is 500 g/mol. The van der Waals surface area contributed by atoms with Crippen LogP contribution in [0.3, 0.4) is 0 Å². The van der Waals surface area contributed by atoms with Crippen molar-refractivity contribution in [1.82, 2.24) is 4.31 Å². The van der Waals surface area contributed by atoms with Gasteiger partial charge >= 0.3 is 0 Å². The Balaban J connectivity index is 1.69. The molecule has 1 aliphatic heterocycles. The average Bonchev–Trinajstić information content (AvgIpc) is 2.83. The third kappa shape index (κ3) is 7.07. The second-order valence-corrected chi connectivity index (χ2v) is 10.9. The Bertz CT molecular complexity index is 1230. The summed E-state index contributed by atoms with van der Waals surface area (Å²) in [5.74, 6) is -0.413. The Labute approximate surface area is 218 Å². The Hall–Kier alpha value is -2.91. The molecule has 3 rings (SSSR count). The fourth-order valence-electron chi connectivity index (χ4n) is 3.95. The molecule has 194 valence electrons. The molecule has 0 saturated heterocycles. The fourth-order valence-corrected chi connectivity index (χ4v) is 5.79. The Morgan fingerprint density at radius 1 is 0.944 bits per heavy atom. The van der Waals surface area contributed by atoms with Gasteiger partial charge in [0, 0.05) is 18.7 Å². The van der Waals surface area contributed by atoms with Crippen molar-refractivity contribution in [2.45, 2.75) is 70.1 Å². The first-order chi connectivity index (χ1) is 17.3. The van der Waals surface area contributed by atoms with Crippen molar-refractivity contribution in [1.29, 1.82) is 0 Å². The summed E-state index contributed by atoms with van der Waals surface area (Å²) < 4.78 is 27.4. The van der Waals surface area contributed by atoms with Crippen molar-refractivity contribution in [3.8, 4) is 0 Å². The van der Waals surface area contributed by atoms with Crippen LogP contribution < -0.4 is 10.6 Å². The summed E-state index contributed by atoms with van der Waals surface area (Å²) in [6.07, 6.45) is 6.02. The Kier molecular flexibility index (Phi) is 9.89. The van der Waals surface area contributed by atoms with Crippen LogP contribution in [0.2, 0.25) is 5.02 Å². The molecule has 0 bridgehead atoms. The summed E-state index contributed by atoms with van der Waals surface area (Å²) in [5.41, 5.74) is 1.15. The predicted octanol–water partition coefficient (Wildman–Crippen LogP) is 6.11. The molecule has 1 aliphatic rings. The van der Waals surface area contributed by atoms with E-state index in [4.69, 9.17) is 11.6 Å². The van der Waals surface area contributed by atoms with Crippen molar-refractivity contribution in [3.63, 3.8) is 0 Å². The topological polar surface area (TPSA) is 108 Å². The lowest BCUT2D eigenvalue weighted by molar-refractivity contribution is -0.116. The van der Waals surface area contributed by atoms with Crippen LogP contribution >= 0.6 is 11.6 Å². The number of benzene rings is 2. The molecular formula is C26H33ClN4O4S. The number of anilines is 2. The normalized spacial score (nSPS) is 14.1. The standard InChI is InChI=1S/C26H33ClN4O4S/c1-3-5-6-7-8-13-25(32)28-19-14-15-20(27)22(17-19)30-26(33)18-24-29-21-11-9-10-12-23(21)36(34,35)31(24)16-4-2/h9-12,14-15,17H,3-8,13,16,18H2,1-2H3,(H,28,32)(H,30,33). The SMILES string of the molecule is CCCCCCCC(=O)Nc1ccc(Cl)c(NC(=O)CC2=Nc3ccccc3S(=O)(=O)N2CCC)c1. The largest absolute Gasteiger partial charge is 0.326 e. The summed E-state index contributed by atoms with van der Waals surface area (Å²) in [4.78, 5) is 29.8. The second-order valence-electron chi connectivity index (χ2n) is 8.70. The molecule has 0 aliphatic carbocycles. The van der Waals surface area contributed by atoms with E-state index < -0.39 is 15.9 Å². The van der Waals surface area contributed by atoms with E-state index in [-0.39, 0.29) is 29.6 Å². The van der Waals surface area contributed by atoms with Gasteiger partial charge in [-0.05, 0) is 43.2 Å². The number of hydrogen-bond acceptors (Lipinski definition) is 5. The molecule has 10 heteroatoms. The lowest BCUT2D eigenvalue weighted by Gasteiger charge is -2.29. The minimum absolute atomic E-state index is 0.0956. The zero-order valence-electron chi connectivity index (χ0n) is 20.7. The van der Waals surface area contributed by atoms with Crippen LogP contribution in [-0.4, -0.2) is 36.9 Å². The monoisotopic (exact) mass is 532 g/mol. The van der Waals surface area contributed by atoms with Gasteiger partial charge in [-0.1, -0.05) is 63.3 Å². The number of carbonyl (C=O) groups excluding carboxylic acids is 2. The van der Waals surface area contributed by atoms with Gasteiger partial charge in [0.15, 0.2) is 0 Å². The van der Waals surface area contributed by atoms with E-state index in [1.807, 2.05) is 6.92 Å². The first kappa shape index (κ1) is 27.7. The molecule has 0 aromatic heterocycles. The van der Waals surface area contributed by atoms with E-state index in [1.54, 1.807) is 36.4 Å². The van der Waals surface area contributed by atoms with Crippen LogP contribution in [0, 0.1) is 0 Å². The minimum Gasteiger partial charge on any atom is -0.326 e. The van der Waals surface area contributed by atoms with Crippen molar-refractivity contribution in [2.75, 3.05) is 17.2 Å². The number of nitrogens with one attached hydrogen (secondary N) is 2. The highest BCUT2D eigenvalue weighted by Crippen LogP contribution is 2.33. The maximum Gasteiger partial charge on any atom is 0.267 e. The number of amidine groups is 1. The lowest BCUT2D eigenvalue weighted by Crippen LogP contribution is -2.41. The van der Waals surface area contributed by atoms with E-state index in [0.717, 1.165) is 25.7 Å². The van der Waals surface area contributed by atoms with Crippen molar-refractivity contribution in [2.24, 2.45) is 4.99 Å². The second kappa shape index (κ2) is 12.9. The number of nitrogens with zero attached hydrogens (tertiary/aromatic N) is 2. The molecule has 0 unspecified atom stereocenters. The first-order valence-electron chi connectivity index (χ1n) is 12.3. The van der Waals surface area contributed by atoms with E-state index in [9.17, 15) is 18.0 Å². The van der Waals surface area contributed by atoms with E-state index in [2.05, 4.69) is 22.5 Å². The van der Waals surface area contributed by atoms with Crippen LogP contribution in [-0.2, 0) is 19.6 Å². The lowest BCUT2D eigenvalue weighted by atomic mass is 10.1. The van der Waals surface area contributed by atoms with Crippen LogP contribution in [0.5, 0.6) is 0 Å². The van der Waals surface area contributed by atoms with Gasteiger partial charge in [0.2, 0.25) is 11.8 Å². The van der Waals surface area contributed by atoms with E-state index in [0.29, 0.717) is 34.9 Å². The highest BCUT2D eigenvalue weighted by Gasteiger charge is 2.34. The number of halogens is 1. The maximum atomic E-state index is 13.1. The molecule has 0 atom stereocenters. The molecule has 2 aromatic rings. The number of carbonyl (C=O) groups is 2. The van der Waals surface area contributed by atoms with Gasteiger partial charge in [-0.2, -0.15) is 0 Å². The fraction of sp³-hybridized carbons (Fsp3) is 0.423. The molecule has 0 radical (unpaired) electrons. The van der Waals surface area contributed by atoms with Crippen molar-refractivity contribution >= 4 is 56.3 Å². The van der Waals surface area contributed by atoms with Crippen LogP contribution in [0.15, 0.2) is 52.4 Å². The van der Waals surface area contributed by atoms with Gasteiger partial charge in [0.1, 0.15) is 10.7 Å². The highest BCUT2D eigenvalue weighted by molar-refractivity contribution is 7.90. The number of unbranched alkanes of at least 4 members (excludes halogenated alkanes) is 4. The number of amides is 2. The van der Waals surface area contributed by atoms with Crippen molar-refractivity contribution in [3.05, 3.63) is 47.5 Å². The summed E-state index contributed by atoms with van der Waals surface area (Å²) in [7, 11) is -3.81. The molecule has 2 amide bonds. The minimum atomic E-state index is -3.81. The molecule has 0 fully saturated rings. The van der Waals surface area contributed by atoms with Gasteiger partial charge < -0.3 is 10.6 Å². The summed E-state index contributed by atoms with van der Waals surface area (Å²) in [6, 6.07) is 11.3. The summed E-state index contributed by atoms with van der Waals surface area (Å²) in [5, 5.41) is 5.87. The van der Waals surface area contributed by atoms with Crippen LogP contribution in [0.25, 0.3) is 0 Å². The average molecular weight is 533 g/mol. The van der Waals surface area contributed by atoms with Gasteiger partial charge in [-0.25, -0.2) is 13.4 Å². The first-order valence-corrected chi connectivity index (χ1v) is 14.2. The van der Waals surface area contributed by atoms with Crippen molar-refractivity contribution < 1.29 is 18.0 Å². The third-order valence-electron chi connectivity index (χ3n) is 5.75. The molecule has 1 heterocycles. The molecule has 8 nitrogen and oxygen atoms in total. The quantitative estimate of drug-likeness (QED) is 0.321. The summed E-state index contributed by atoms with van der Waals surface area (Å²) in [6.45, 7) is 4.22. The van der Waals surface area contributed by atoms with E-state index in [1.165, 1.54) is 16.8 Å². The molecule has 36 heavy (non-hydrogen) atoms. The zero-order chi connectivity index (χ0) is 26.1.